The van der Waals surface area contributed by atoms with E-state index in [9.17, 15) is 0 Å². The quantitative estimate of drug-likeness (QED) is 0.936. The summed E-state index contributed by atoms with van der Waals surface area (Å²) >= 11 is 0. The molecule has 0 atom stereocenters. The van der Waals surface area contributed by atoms with E-state index in [0.717, 1.165) is 29.3 Å². The van der Waals surface area contributed by atoms with E-state index in [4.69, 9.17) is 0 Å². The van der Waals surface area contributed by atoms with Crippen LogP contribution in [-0.2, 0) is 0 Å². The predicted octanol–water partition coefficient (Wildman–Crippen LogP) is 3.61. The van der Waals surface area contributed by atoms with Crippen LogP contribution < -0.4 is 5.32 Å². The monoisotopic (exact) mass is 298 g/mol. The van der Waals surface area contributed by atoms with Crippen molar-refractivity contribution in [3.05, 3.63) is 30.1 Å². The normalized spacial score (nSPS) is 22.2. The molecule has 118 valence electrons. The second kappa shape index (κ2) is 6.61. The first-order valence-corrected chi connectivity index (χ1v) is 8.35. The van der Waals surface area contributed by atoms with Gasteiger partial charge in [0.2, 0.25) is 0 Å². The fraction of sp³-hybridized carbons (Fsp3) is 0.556. The standard InChI is InChI=1S/C18H26N4/c1-4-22(3)15-8-6-14(7-9-15)21-18-16-11-13(2)5-10-17(16)19-12-20-18/h5,10-12,14-15H,4,6-9H2,1-3H3,(H,19,20,21). The molecular weight excluding hydrogens is 272 g/mol. The number of rotatable bonds is 4. The van der Waals surface area contributed by atoms with Gasteiger partial charge in [0.15, 0.2) is 0 Å². The van der Waals surface area contributed by atoms with E-state index in [1.807, 2.05) is 0 Å². The highest BCUT2D eigenvalue weighted by Gasteiger charge is 2.23. The predicted molar refractivity (Wildman–Crippen MR) is 92.2 cm³/mol. The molecule has 1 aliphatic carbocycles. The van der Waals surface area contributed by atoms with E-state index in [-0.39, 0.29) is 0 Å². The summed E-state index contributed by atoms with van der Waals surface area (Å²) in [6.07, 6.45) is 6.63. The maximum atomic E-state index is 4.48. The molecule has 1 N–H and O–H groups in total. The summed E-state index contributed by atoms with van der Waals surface area (Å²) in [5.74, 6) is 0.987. The first-order valence-electron chi connectivity index (χ1n) is 8.35. The number of hydrogen-bond acceptors (Lipinski definition) is 4. The SMILES string of the molecule is CCN(C)C1CCC(Nc2ncnc3ccc(C)cc23)CC1. The van der Waals surface area contributed by atoms with E-state index >= 15 is 0 Å². The molecule has 0 unspecified atom stereocenters. The molecular formula is C18H26N4. The molecule has 0 amide bonds. The second-order valence-electron chi connectivity index (χ2n) is 6.47. The van der Waals surface area contributed by atoms with Gasteiger partial charge in [-0.05, 0) is 58.3 Å². The van der Waals surface area contributed by atoms with Crippen molar-refractivity contribution < 1.29 is 0 Å². The molecule has 4 nitrogen and oxygen atoms in total. The number of aromatic nitrogens is 2. The first-order chi connectivity index (χ1) is 10.7. The van der Waals surface area contributed by atoms with Gasteiger partial charge in [-0.3, -0.25) is 0 Å². The average molecular weight is 298 g/mol. The molecule has 0 radical (unpaired) electrons. The Morgan fingerprint density at radius 2 is 1.95 bits per heavy atom. The molecule has 1 aromatic carbocycles. The van der Waals surface area contributed by atoms with Gasteiger partial charge in [-0.25, -0.2) is 9.97 Å². The highest BCUT2D eigenvalue weighted by atomic mass is 15.1. The molecule has 0 bridgehead atoms. The van der Waals surface area contributed by atoms with Crippen LogP contribution in [0.25, 0.3) is 10.9 Å². The Labute approximate surface area is 133 Å². The Kier molecular flexibility index (Phi) is 4.57. The number of nitrogens with zero attached hydrogens (tertiary/aromatic N) is 3. The Bertz CT molecular complexity index is 632. The lowest BCUT2D eigenvalue weighted by Crippen LogP contribution is -2.38. The van der Waals surface area contributed by atoms with Crippen molar-refractivity contribution in [3.63, 3.8) is 0 Å². The van der Waals surface area contributed by atoms with Crippen LogP contribution in [0.4, 0.5) is 5.82 Å². The minimum atomic E-state index is 0.528. The Balaban J connectivity index is 1.71. The lowest BCUT2D eigenvalue weighted by Gasteiger charge is -2.34. The van der Waals surface area contributed by atoms with Gasteiger partial charge >= 0.3 is 0 Å². The van der Waals surface area contributed by atoms with Crippen LogP contribution in [0.15, 0.2) is 24.5 Å². The fourth-order valence-corrected chi connectivity index (χ4v) is 3.40. The Morgan fingerprint density at radius 3 is 2.68 bits per heavy atom. The maximum Gasteiger partial charge on any atom is 0.137 e. The van der Waals surface area contributed by atoms with E-state index in [2.05, 4.69) is 59.3 Å². The molecule has 1 saturated carbocycles. The first kappa shape index (κ1) is 15.2. The number of aryl methyl sites for hydroxylation is 1. The summed E-state index contributed by atoms with van der Waals surface area (Å²) in [5, 5.41) is 4.79. The number of nitrogens with one attached hydrogen (secondary N) is 1. The average Bonchev–Trinajstić information content (AvgIpc) is 2.55. The van der Waals surface area contributed by atoms with Crippen LogP contribution in [0.2, 0.25) is 0 Å². The molecule has 0 spiro atoms. The zero-order chi connectivity index (χ0) is 15.5. The van der Waals surface area contributed by atoms with Crippen LogP contribution in [0.1, 0.15) is 38.2 Å². The molecule has 0 aliphatic heterocycles. The molecule has 1 fully saturated rings. The van der Waals surface area contributed by atoms with Crippen molar-refractivity contribution in [2.24, 2.45) is 0 Å². The maximum absolute atomic E-state index is 4.48. The van der Waals surface area contributed by atoms with E-state index < -0.39 is 0 Å². The van der Waals surface area contributed by atoms with Crippen LogP contribution in [0.5, 0.6) is 0 Å². The van der Waals surface area contributed by atoms with Crippen LogP contribution in [-0.4, -0.2) is 40.5 Å². The van der Waals surface area contributed by atoms with Gasteiger partial charge in [0.1, 0.15) is 12.1 Å². The van der Waals surface area contributed by atoms with Gasteiger partial charge < -0.3 is 10.2 Å². The minimum absolute atomic E-state index is 0.528. The van der Waals surface area contributed by atoms with E-state index in [1.54, 1.807) is 6.33 Å². The zero-order valence-electron chi connectivity index (χ0n) is 13.8. The summed E-state index contributed by atoms with van der Waals surface area (Å²) in [6, 6.07) is 7.62. The largest absolute Gasteiger partial charge is 0.367 e. The molecule has 3 rings (SSSR count). The summed E-state index contributed by atoms with van der Waals surface area (Å²) < 4.78 is 0. The van der Waals surface area contributed by atoms with Crippen molar-refractivity contribution >= 4 is 16.7 Å². The summed E-state index contributed by atoms with van der Waals surface area (Å²) in [4.78, 5) is 11.3. The third kappa shape index (κ3) is 3.22. The van der Waals surface area contributed by atoms with Gasteiger partial charge in [-0.15, -0.1) is 0 Å². The summed E-state index contributed by atoms with van der Waals surface area (Å²) in [6.45, 7) is 5.49. The van der Waals surface area contributed by atoms with Crippen molar-refractivity contribution in [1.82, 2.24) is 14.9 Å². The summed E-state index contributed by atoms with van der Waals surface area (Å²) in [7, 11) is 2.24. The van der Waals surface area contributed by atoms with Crippen molar-refractivity contribution in [3.8, 4) is 0 Å². The third-order valence-corrected chi connectivity index (χ3v) is 4.95. The Hall–Kier alpha value is -1.68. The second-order valence-corrected chi connectivity index (χ2v) is 6.47. The molecule has 4 heteroatoms. The minimum Gasteiger partial charge on any atom is -0.367 e. The van der Waals surface area contributed by atoms with Gasteiger partial charge in [0.05, 0.1) is 5.52 Å². The molecule has 1 aromatic heterocycles. The lowest BCUT2D eigenvalue weighted by molar-refractivity contribution is 0.194. The lowest BCUT2D eigenvalue weighted by atomic mass is 9.90. The summed E-state index contributed by atoms with van der Waals surface area (Å²) in [5.41, 5.74) is 2.26. The van der Waals surface area contributed by atoms with Crippen LogP contribution >= 0.6 is 0 Å². The van der Waals surface area contributed by atoms with Crippen molar-refractivity contribution in [2.45, 2.75) is 51.6 Å². The van der Waals surface area contributed by atoms with E-state index in [1.165, 1.54) is 31.2 Å². The highest BCUT2D eigenvalue weighted by molar-refractivity contribution is 5.89. The van der Waals surface area contributed by atoms with Crippen molar-refractivity contribution in [1.29, 1.82) is 0 Å². The third-order valence-electron chi connectivity index (χ3n) is 4.95. The fourth-order valence-electron chi connectivity index (χ4n) is 3.40. The molecule has 0 saturated heterocycles. The molecule has 2 aromatic rings. The highest BCUT2D eigenvalue weighted by Crippen LogP contribution is 2.27. The number of benzene rings is 1. The number of anilines is 1. The topological polar surface area (TPSA) is 41.0 Å². The number of fused-ring (bicyclic) bond motifs is 1. The smallest absolute Gasteiger partial charge is 0.137 e. The molecule has 1 aliphatic rings. The molecule has 1 heterocycles. The van der Waals surface area contributed by atoms with Gasteiger partial charge in [0.25, 0.3) is 0 Å². The van der Waals surface area contributed by atoms with Crippen LogP contribution in [0.3, 0.4) is 0 Å². The van der Waals surface area contributed by atoms with E-state index in [0.29, 0.717) is 6.04 Å². The van der Waals surface area contributed by atoms with Crippen molar-refractivity contribution in [2.75, 3.05) is 18.9 Å². The van der Waals surface area contributed by atoms with Gasteiger partial charge in [0, 0.05) is 17.5 Å². The zero-order valence-corrected chi connectivity index (χ0v) is 13.8. The molecule has 22 heavy (non-hydrogen) atoms. The van der Waals surface area contributed by atoms with Gasteiger partial charge in [-0.1, -0.05) is 18.6 Å². The number of hydrogen-bond donors (Lipinski definition) is 1. The van der Waals surface area contributed by atoms with Crippen LogP contribution in [0, 0.1) is 6.92 Å². The van der Waals surface area contributed by atoms with Gasteiger partial charge in [-0.2, -0.15) is 0 Å². The Morgan fingerprint density at radius 1 is 1.18 bits per heavy atom.